The van der Waals surface area contributed by atoms with E-state index >= 15 is 0 Å². The zero-order valence-corrected chi connectivity index (χ0v) is 9.28. The maximum absolute atomic E-state index is 5.94. The maximum atomic E-state index is 5.94. The maximum Gasteiger partial charge on any atom is 0.119 e. The molecule has 0 unspecified atom stereocenters. The summed E-state index contributed by atoms with van der Waals surface area (Å²) in [5.41, 5.74) is 7.13. The van der Waals surface area contributed by atoms with E-state index in [0.717, 1.165) is 24.7 Å². The van der Waals surface area contributed by atoms with Crippen molar-refractivity contribution >= 4 is 0 Å². The van der Waals surface area contributed by atoms with Gasteiger partial charge >= 0.3 is 0 Å². The molecule has 2 nitrogen and oxygen atoms in total. The Balaban J connectivity index is 1.90. The first-order valence-electron chi connectivity index (χ1n) is 5.78. The van der Waals surface area contributed by atoms with E-state index in [4.69, 9.17) is 10.5 Å². The quantitative estimate of drug-likeness (QED) is 0.802. The monoisotopic (exact) mass is 205 g/mol. The number of hydrogen-bond acceptors (Lipinski definition) is 2. The van der Waals surface area contributed by atoms with Gasteiger partial charge in [-0.15, -0.1) is 0 Å². The van der Waals surface area contributed by atoms with Crippen molar-refractivity contribution in [1.29, 1.82) is 0 Å². The van der Waals surface area contributed by atoms with E-state index < -0.39 is 0 Å². The van der Waals surface area contributed by atoms with E-state index in [-0.39, 0.29) is 6.04 Å². The molecule has 1 fully saturated rings. The lowest BCUT2D eigenvalue weighted by Crippen LogP contribution is -2.08. The topological polar surface area (TPSA) is 35.2 Å². The van der Waals surface area contributed by atoms with Crippen molar-refractivity contribution in [2.75, 3.05) is 6.61 Å². The minimum Gasteiger partial charge on any atom is -0.493 e. The van der Waals surface area contributed by atoms with Gasteiger partial charge in [-0.3, -0.25) is 0 Å². The van der Waals surface area contributed by atoms with Crippen molar-refractivity contribution in [2.45, 2.75) is 32.2 Å². The van der Waals surface area contributed by atoms with Crippen molar-refractivity contribution in [3.63, 3.8) is 0 Å². The van der Waals surface area contributed by atoms with Crippen molar-refractivity contribution in [3.8, 4) is 5.75 Å². The third-order valence-electron chi connectivity index (χ3n) is 2.93. The van der Waals surface area contributed by atoms with E-state index in [1.807, 2.05) is 12.1 Å². The van der Waals surface area contributed by atoms with Gasteiger partial charge in [0.25, 0.3) is 0 Å². The number of hydrogen-bond donors (Lipinski definition) is 1. The highest BCUT2D eigenvalue weighted by atomic mass is 16.5. The molecule has 15 heavy (non-hydrogen) atoms. The van der Waals surface area contributed by atoms with Gasteiger partial charge in [-0.25, -0.2) is 0 Å². The first kappa shape index (κ1) is 10.5. The van der Waals surface area contributed by atoms with Crippen LogP contribution in [0.25, 0.3) is 0 Å². The van der Waals surface area contributed by atoms with Crippen LogP contribution in [0.5, 0.6) is 5.75 Å². The lowest BCUT2D eigenvalue weighted by atomic mass is 10.1. The first-order chi connectivity index (χ1) is 7.29. The molecule has 1 aliphatic carbocycles. The minimum absolute atomic E-state index is 0.155. The van der Waals surface area contributed by atoms with Gasteiger partial charge in [-0.1, -0.05) is 19.1 Å². The Morgan fingerprint density at radius 2 is 2.00 bits per heavy atom. The Bertz CT molecular complexity index is 303. The Hall–Kier alpha value is -1.02. The van der Waals surface area contributed by atoms with Crippen LogP contribution in [-0.4, -0.2) is 6.61 Å². The van der Waals surface area contributed by atoms with Crippen molar-refractivity contribution in [1.82, 2.24) is 0 Å². The Kier molecular flexibility index (Phi) is 3.27. The molecule has 0 heterocycles. The lowest BCUT2D eigenvalue weighted by Gasteiger charge is -2.10. The van der Waals surface area contributed by atoms with Gasteiger partial charge in [0.15, 0.2) is 0 Å². The fourth-order valence-electron chi connectivity index (χ4n) is 1.55. The molecule has 1 aromatic rings. The summed E-state index contributed by atoms with van der Waals surface area (Å²) in [6, 6.07) is 8.33. The van der Waals surface area contributed by atoms with Crippen LogP contribution in [0.15, 0.2) is 24.3 Å². The molecule has 0 amide bonds. The van der Waals surface area contributed by atoms with Crippen molar-refractivity contribution in [2.24, 2.45) is 11.7 Å². The van der Waals surface area contributed by atoms with Crippen LogP contribution in [0.3, 0.4) is 0 Å². The van der Waals surface area contributed by atoms with Crippen LogP contribution in [0.1, 0.15) is 37.8 Å². The van der Waals surface area contributed by atoms with Gasteiger partial charge in [0.1, 0.15) is 5.75 Å². The van der Waals surface area contributed by atoms with Gasteiger partial charge in [-0.2, -0.15) is 0 Å². The highest BCUT2D eigenvalue weighted by Gasteiger charge is 2.21. The molecule has 1 aromatic carbocycles. The molecule has 0 aliphatic heterocycles. The standard InChI is InChI=1S/C13H19NO/c1-2-13(14)11-5-7-12(8-6-11)15-9-10-3-4-10/h5-8,10,13H,2-4,9,14H2,1H3/t13-/m0/s1. The third-order valence-corrected chi connectivity index (χ3v) is 2.93. The molecule has 0 spiro atoms. The Morgan fingerprint density at radius 1 is 1.33 bits per heavy atom. The zero-order chi connectivity index (χ0) is 10.7. The summed E-state index contributed by atoms with van der Waals surface area (Å²) in [6.45, 7) is 2.97. The van der Waals surface area contributed by atoms with Gasteiger partial charge in [0.05, 0.1) is 6.61 Å². The Morgan fingerprint density at radius 3 is 2.53 bits per heavy atom. The second-order valence-electron chi connectivity index (χ2n) is 4.34. The van der Waals surface area contributed by atoms with Gasteiger partial charge < -0.3 is 10.5 Å². The van der Waals surface area contributed by atoms with E-state index in [1.165, 1.54) is 18.4 Å². The first-order valence-corrected chi connectivity index (χ1v) is 5.78. The SMILES string of the molecule is CC[C@H](N)c1ccc(OCC2CC2)cc1. The number of benzene rings is 1. The van der Waals surface area contributed by atoms with Crippen molar-refractivity contribution in [3.05, 3.63) is 29.8 Å². The Labute approximate surface area is 91.4 Å². The smallest absolute Gasteiger partial charge is 0.119 e. The molecule has 2 N–H and O–H groups in total. The summed E-state index contributed by atoms with van der Waals surface area (Å²) in [6.07, 6.45) is 3.64. The van der Waals surface area contributed by atoms with Crippen LogP contribution in [0, 0.1) is 5.92 Å². The summed E-state index contributed by atoms with van der Waals surface area (Å²) in [5, 5.41) is 0. The lowest BCUT2D eigenvalue weighted by molar-refractivity contribution is 0.299. The fourth-order valence-corrected chi connectivity index (χ4v) is 1.55. The minimum atomic E-state index is 0.155. The number of nitrogens with two attached hydrogens (primary N) is 1. The fraction of sp³-hybridized carbons (Fsp3) is 0.538. The molecule has 2 rings (SSSR count). The van der Waals surface area contributed by atoms with Gasteiger partial charge in [0.2, 0.25) is 0 Å². The van der Waals surface area contributed by atoms with E-state index in [9.17, 15) is 0 Å². The average Bonchev–Trinajstić information content (AvgIpc) is 3.10. The summed E-state index contributed by atoms with van der Waals surface area (Å²) < 4.78 is 5.66. The van der Waals surface area contributed by atoms with Crippen LogP contribution >= 0.6 is 0 Å². The molecular weight excluding hydrogens is 186 g/mol. The van der Waals surface area contributed by atoms with Gasteiger partial charge in [-0.05, 0) is 42.9 Å². The molecule has 0 saturated heterocycles. The predicted molar refractivity (Wildman–Crippen MR) is 61.9 cm³/mol. The second-order valence-corrected chi connectivity index (χ2v) is 4.34. The number of rotatable bonds is 5. The van der Waals surface area contributed by atoms with E-state index in [2.05, 4.69) is 19.1 Å². The molecule has 1 aliphatic rings. The summed E-state index contributed by atoms with van der Waals surface area (Å²) in [4.78, 5) is 0. The second kappa shape index (κ2) is 4.67. The summed E-state index contributed by atoms with van der Waals surface area (Å²) in [7, 11) is 0. The van der Waals surface area contributed by atoms with Crippen LogP contribution in [-0.2, 0) is 0 Å². The van der Waals surface area contributed by atoms with E-state index in [1.54, 1.807) is 0 Å². The molecule has 1 saturated carbocycles. The molecule has 1 atom stereocenters. The van der Waals surface area contributed by atoms with E-state index in [0.29, 0.717) is 0 Å². The average molecular weight is 205 g/mol. The molecule has 0 aromatic heterocycles. The molecular formula is C13H19NO. The van der Waals surface area contributed by atoms with Gasteiger partial charge in [0, 0.05) is 6.04 Å². The van der Waals surface area contributed by atoms with Crippen LogP contribution < -0.4 is 10.5 Å². The van der Waals surface area contributed by atoms with Crippen molar-refractivity contribution < 1.29 is 4.74 Å². The normalized spacial score (nSPS) is 17.5. The third kappa shape index (κ3) is 2.96. The number of ether oxygens (including phenoxy) is 1. The highest BCUT2D eigenvalue weighted by Crippen LogP contribution is 2.29. The summed E-state index contributed by atoms with van der Waals surface area (Å²) in [5.74, 6) is 1.77. The molecule has 82 valence electrons. The predicted octanol–water partition coefficient (Wildman–Crippen LogP) is 2.89. The summed E-state index contributed by atoms with van der Waals surface area (Å²) >= 11 is 0. The molecule has 0 radical (unpaired) electrons. The van der Waals surface area contributed by atoms with Crippen LogP contribution in [0.2, 0.25) is 0 Å². The highest BCUT2D eigenvalue weighted by molar-refractivity contribution is 5.29. The molecule has 0 bridgehead atoms. The van der Waals surface area contributed by atoms with Crippen LogP contribution in [0.4, 0.5) is 0 Å². The molecule has 2 heteroatoms. The zero-order valence-electron chi connectivity index (χ0n) is 9.28. The largest absolute Gasteiger partial charge is 0.493 e.